The van der Waals surface area contributed by atoms with Gasteiger partial charge in [0.1, 0.15) is 5.84 Å². The van der Waals surface area contributed by atoms with Gasteiger partial charge in [0.25, 0.3) is 5.66 Å². The molecule has 166 valence electrons. The van der Waals surface area contributed by atoms with Gasteiger partial charge >= 0.3 is 19.9 Å². The van der Waals surface area contributed by atoms with E-state index in [1.807, 2.05) is 0 Å². The van der Waals surface area contributed by atoms with Crippen molar-refractivity contribution in [2.24, 2.45) is 4.99 Å². The molecule has 7 nitrogen and oxygen atoms in total. The smallest absolute Gasteiger partial charge is 0.359 e. The summed E-state index contributed by atoms with van der Waals surface area (Å²) in [5, 5.41) is 10.4. The summed E-state index contributed by atoms with van der Waals surface area (Å²) in [5.41, 5.74) is -4.62. The highest BCUT2D eigenvalue weighted by Crippen LogP contribution is 2.63. The predicted molar refractivity (Wildman–Crippen MR) is 88.7 cm³/mol. The van der Waals surface area contributed by atoms with E-state index in [1.165, 1.54) is 33.0 Å². The van der Waals surface area contributed by atoms with Gasteiger partial charge in [-0.05, 0) is 27.2 Å². The number of aliphatic hydroxyl groups excluding tert-OH is 1. The third kappa shape index (κ3) is 4.64. The van der Waals surface area contributed by atoms with Gasteiger partial charge in [-0.3, -0.25) is 4.57 Å². The van der Waals surface area contributed by atoms with E-state index in [0.717, 1.165) is 5.32 Å². The van der Waals surface area contributed by atoms with Crippen molar-refractivity contribution in [2.75, 3.05) is 13.2 Å². The lowest BCUT2D eigenvalue weighted by atomic mass is 10.0. The average Bonchev–Trinajstić information content (AvgIpc) is 2.52. The molecular formula is C14H24F6N3O4P. The molecule has 0 saturated heterocycles. The molecule has 0 aliphatic carbocycles. The maximum absolute atomic E-state index is 13.3. The van der Waals surface area contributed by atoms with Crippen molar-refractivity contribution in [1.82, 2.24) is 10.6 Å². The molecule has 1 aliphatic heterocycles. The summed E-state index contributed by atoms with van der Waals surface area (Å²) in [6.45, 7) is 5.82. The monoisotopic (exact) mass is 443 g/mol. The number of hydrogen-bond donors (Lipinski definition) is 3. The fraction of sp³-hybridized carbons (Fsp3) is 0.929. The van der Waals surface area contributed by atoms with E-state index in [-0.39, 0.29) is 19.6 Å². The first kappa shape index (κ1) is 25.2. The Morgan fingerprint density at radius 1 is 1.11 bits per heavy atom. The minimum Gasteiger partial charge on any atom is -0.359 e. The number of hydrogen-bond acceptors (Lipinski definition) is 7. The lowest BCUT2D eigenvalue weighted by Gasteiger charge is -2.44. The zero-order valence-corrected chi connectivity index (χ0v) is 16.6. The molecule has 0 aromatic rings. The number of nitrogens with zero attached hydrogens (tertiary/aromatic N) is 1. The molecule has 0 spiro atoms. The number of amidine groups is 1. The van der Waals surface area contributed by atoms with Crippen LogP contribution in [0.25, 0.3) is 0 Å². The molecule has 0 amide bonds. The maximum Gasteiger partial charge on any atom is 0.434 e. The molecule has 14 heteroatoms. The summed E-state index contributed by atoms with van der Waals surface area (Å²) in [7, 11) is -3.94. The Morgan fingerprint density at radius 3 is 1.93 bits per heavy atom. The minimum absolute atomic E-state index is 0.0273. The second-order valence-corrected chi connectivity index (χ2v) is 8.92. The SMILES string of the molecule is CCOP(=O)(OCC)C(C)(CC)CC1=NC(O)NC(C(F)(F)F)(C(F)(F)F)N1. The summed E-state index contributed by atoms with van der Waals surface area (Å²) in [4.78, 5) is 3.39. The predicted octanol–water partition coefficient (Wildman–Crippen LogP) is 3.50. The fourth-order valence-electron chi connectivity index (χ4n) is 2.68. The van der Waals surface area contributed by atoms with Crippen LogP contribution in [0.15, 0.2) is 4.99 Å². The Kier molecular flexibility index (Phi) is 7.61. The topological polar surface area (TPSA) is 92.2 Å². The highest BCUT2D eigenvalue weighted by atomic mass is 31.2. The number of aliphatic imine (C=N–C) groups is 1. The zero-order chi connectivity index (χ0) is 22.0. The van der Waals surface area contributed by atoms with Crippen LogP contribution in [0.2, 0.25) is 0 Å². The molecule has 0 aromatic carbocycles. The molecule has 2 atom stereocenters. The number of aliphatic hydroxyl groups is 1. The van der Waals surface area contributed by atoms with Crippen LogP contribution < -0.4 is 10.6 Å². The van der Waals surface area contributed by atoms with E-state index in [0.29, 0.717) is 0 Å². The molecule has 1 heterocycles. The molecule has 0 aromatic heterocycles. The summed E-state index contributed by atoms with van der Waals surface area (Å²) in [5.74, 6) is -0.829. The van der Waals surface area contributed by atoms with E-state index in [1.54, 1.807) is 0 Å². The van der Waals surface area contributed by atoms with Crippen molar-refractivity contribution in [2.45, 2.75) is 70.1 Å². The van der Waals surface area contributed by atoms with Crippen molar-refractivity contribution in [1.29, 1.82) is 0 Å². The standard InChI is InChI=1S/C14H24F6N3O4P/c1-5-11(4,28(25,26-6-2)27-7-3)8-9-21-10(24)23-12(22-9,13(15,16)17)14(18,19)20/h10,23-24H,5-8H2,1-4H3,(H,21,22). The van der Waals surface area contributed by atoms with E-state index >= 15 is 0 Å². The van der Waals surface area contributed by atoms with Crippen molar-refractivity contribution in [3.05, 3.63) is 0 Å². The van der Waals surface area contributed by atoms with Crippen LogP contribution >= 0.6 is 7.60 Å². The molecule has 2 unspecified atom stereocenters. The average molecular weight is 443 g/mol. The Hall–Kier alpha value is -0.880. The minimum atomic E-state index is -5.86. The molecule has 0 radical (unpaired) electrons. The van der Waals surface area contributed by atoms with Gasteiger partial charge < -0.3 is 19.5 Å². The largest absolute Gasteiger partial charge is 0.434 e. The van der Waals surface area contributed by atoms with Crippen LogP contribution in [-0.2, 0) is 13.6 Å². The fourth-order valence-corrected chi connectivity index (χ4v) is 4.79. The normalized spacial score (nSPS) is 23.0. The lowest BCUT2D eigenvalue weighted by Crippen LogP contribution is -2.78. The van der Waals surface area contributed by atoms with Gasteiger partial charge in [0.2, 0.25) is 6.35 Å². The molecule has 1 aliphatic rings. The van der Waals surface area contributed by atoms with E-state index in [4.69, 9.17) is 9.05 Å². The van der Waals surface area contributed by atoms with Crippen LogP contribution in [0, 0.1) is 0 Å². The van der Waals surface area contributed by atoms with Crippen LogP contribution in [0.5, 0.6) is 0 Å². The second-order valence-electron chi connectivity index (χ2n) is 6.32. The van der Waals surface area contributed by atoms with Crippen molar-refractivity contribution in [3.63, 3.8) is 0 Å². The molecule has 0 fully saturated rings. The van der Waals surface area contributed by atoms with Gasteiger partial charge in [-0.2, -0.15) is 26.3 Å². The van der Waals surface area contributed by atoms with Crippen molar-refractivity contribution in [3.8, 4) is 0 Å². The molecule has 0 saturated carbocycles. The van der Waals surface area contributed by atoms with E-state index in [2.05, 4.69) is 4.99 Å². The molecule has 0 bridgehead atoms. The first-order chi connectivity index (χ1) is 12.6. The van der Waals surface area contributed by atoms with Crippen LogP contribution in [0.4, 0.5) is 26.3 Å². The third-order valence-electron chi connectivity index (χ3n) is 4.38. The summed E-state index contributed by atoms with van der Waals surface area (Å²) >= 11 is 0. The van der Waals surface area contributed by atoms with Gasteiger partial charge in [0.15, 0.2) is 0 Å². The lowest BCUT2D eigenvalue weighted by molar-refractivity contribution is -0.321. The Bertz CT molecular complexity index is 603. The second kappa shape index (κ2) is 8.47. The molecule has 1 rings (SSSR count). The van der Waals surface area contributed by atoms with Gasteiger partial charge in [-0.1, -0.05) is 6.92 Å². The van der Waals surface area contributed by atoms with E-state index < -0.39 is 49.4 Å². The molecule has 3 N–H and O–H groups in total. The van der Waals surface area contributed by atoms with Crippen LogP contribution in [-0.4, -0.2) is 53.7 Å². The van der Waals surface area contributed by atoms with Gasteiger partial charge in [-0.25, -0.2) is 10.3 Å². The summed E-state index contributed by atoms with van der Waals surface area (Å²) in [6.07, 6.45) is -14.8. The summed E-state index contributed by atoms with van der Waals surface area (Å²) < 4.78 is 103. The Balaban J connectivity index is 3.37. The number of alkyl halides is 6. The molecular weight excluding hydrogens is 419 g/mol. The highest BCUT2D eigenvalue weighted by Gasteiger charge is 2.73. The Morgan fingerprint density at radius 2 is 1.57 bits per heavy atom. The number of halogens is 6. The van der Waals surface area contributed by atoms with Gasteiger partial charge in [0, 0.05) is 6.42 Å². The van der Waals surface area contributed by atoms with Crippen LogP contribution in [0.3, 0.4) is 0 Å². The van der Waals surface area contributed by atoms with Crippen molar-refractivity contribution >= 4 is 13.4 Å². The van der Waals surface area contributed by atoms with Crippen LogP contribution in [0.1, 0.15) is 40.5 Å². The van der Waals surface area contributed by atoms with Gasteiger partial charge in [0.05, 0.1) is 18.4 Å². The summed E-state index contributed by atoms with van der Waals surface area (Å²) in [6, 6.07) is 0. The Labute approximate surface area is 158 Å². The highest BCUT2D eigenvalue weighted by molar-refractivity contribution is 7.55. The zero-order valence-electron chi connectivity index (χ0n) is 15.7. The first-order valence-electron chi connectivity index (χ1n) is 8.44. The van der Waals surface area contributed by atoms with E-state index in [9.17, 15) is 36.0 Å². The van der Waals surface area contributed by atoms with Gasteiger partial charge in [-0.15, -0.1) is 0 Å². The van der Waals surface area contributed by atoms with Crippen molar-refractivity contribution < 1.29 is 45.1 Å². The number of nitrogens with one attached hydrogen (secondary N) is 2. The number of rotatable bonds is 8. The first-order valence-corrected chi connectivity index (χ1v) is 9.99. The third-order valence-corrected chi connectivity index (χ3v) is 7.37. The quantitative estimate of drug-likeness (QED) is 0.393. The maximum atomic E-state index is 13.3. The molecule has 28 heavy (non-hydrogen) atoms.